The maximum absolute atomic E-state index is 13.2. The van der Waals surface area contributed by atoms with Crippen LogP contribution in [0.5, 0.6) is 0 Å². The third kappa shape index (κ3) is 1.58. The molecule has 1 aliphatic heterocycles. The Kier molecular flexibility index (Phi) is 2.41. The molecule has 1 aromatic carbocycles. The summed E-state index contributed by atoms with van der Waals surface area (Å²) >= 11 is 0. The molecular formula is C12H12FNO3. The van der Waals surface area contributed by atoms with Gasteiger partial charge in [-0.15, -0.1) is 0 Å². The summed E-state index contributed by atoms with van der Waals surface area (Å²) in [5.74, 6) is -1.90. The molecule has 0 spiro atoms. The minimum absolute atomic E-state index is 0.157. The lowest BCUT2D eigenvalue weighted by molar-refractivity contribution is -0.145. The summed E-state index contributed by atoms with van der Waals surface area (Å²) in [6.07, 6.45) is -0.157. The molecule has 17 heavy (non-hydrogen) atoms. The number of carbonyl (C=O) groups is 2. The maximum atomic E-state index is 13.2. The summed E-state index contributed by atoms with van der Waals surface area (Å²) < 4.78 is 13.2. The average Bonchev–Trinajstić information content (AvgIpc) is 2.26. The van der Waals surface area contributed by atoms with Gasteiger partial charge in [-0.05, 0) is 30.7 Å². The van der Waals surface area contributed by atoms with Crippen molar-refractivity contribution in [1.82, 2.24) is 0 Å². The lowest BCUT2D eigenvalue weighted by Gasteiger charge is -2.36. The third-order valence-corrected chi connectivity index (χ3v) is 3.27. The van der Waals surface area contributed by atoms with E-state index in [0.29, 0.717) is 11.3 Å². The van der Waals surface area contributed by atoms with Crippen LogP contribution in [0.1, 0.15) is 18.9 Å². The molecule has 1 heterocycles. The Morgan fingerprint density at radius 1 is 1.53 bits per heavy atom. The molecule has 0 radical (unpaired) electrons. The first kappa shape index (κ1) is 11.6. The second-order valence-electron chi connectivity index (χ2n) is 4.43. The van der Waals surface area contributed by atoms with Crippen molar-refractivity contribution in [1.29, 1.82) is 0 Å². The molecule has 1 aliphatic rings. The second kappa shape index (κ2) is 3.55. The Hall–Kier alpha value is -1.91. The van der Waals surface area contributed by atoms with Gasteiger partial charge in [0.25, 0.3) is 0 Å². The number of carboxylic acids is 1. The first-order valence-electron chi connectivity index (χ1n) is 5.16. The Balaban J connectivity index is 2.70. The van der Waals surface area contributed by atoms with Crippen LogP contribution in [0.4, 0.5) is 10.1 Å². The number of carbonyl (C=O) groups excluding carboxylic acids is 1. The topological polar surface area (TPSA) is 57.6 Å². The summed E-state index contributed by atoms with van der Waals surface area (Å²) in [6.45, 7) is 1.44. The number of halogens is 1. The maximum Gasteiger partial charge on any atom is 0.314 e. The van der Waals surface area contributed by atoms with Gasteiger partial charge in [-0.2, -0.15) is 0 Å². The van der Waals surface area contributed by atoms with Crippen LogP contribution in [0, 0.1) is 5.82 Å². The Bertz CT molecular complexity index is 514. The van der Waals surface area contributed by atoms with E-state index >= 15 is 0 Å². The van der Waals surface area contributed by atoms with Crippen molar-refractivity contribution >= 4 is 17.6 Å². The quantitative estimate of drug-likeness (QED) is 0.805. The van der Waals surface area contributed by atoms with Gasteiger partial charge in [0.05, 0.1) is 0 Å². The standard InChI is InChI=1S/C12H12FNO3/c1-12(11(16)17)6-10(15)14(2)9-4-3-7(13)5-8(9)12/h3-5H,6H2,1-2H3,(H,16,17). The molecule has 0 fully saturated rings. The molecule has 5 heteroatoms. The van der Waals surface area contributed by atoms with Crippen LogP contribution < -0.4 is 4.90 Å². The summed E-state index contributed by atoms with van der Waals surface area (Å²) in [5.41, 5.74) is -0.569. The molecule has 4 nitrogen and oxygen atoms in total. The number of amides is 1. The van der Waals surface area contributed by atoms with E-state index in [1.165, 1.54) is 30.0 Å². The smallest absolute Gasteiger partial charge is 0.314 e. The molecule has 1 amide bonds. The summed E-state index contributed by atoms with van der Waals surface area (Å²) in [6, 6.07) is 3.84. The van der Waals surface area contributed by atoms with E-state index in [1.807, 2.05) is 0 Å². The minimum atomic E-state index is -1.36. The number of nitrogens with zero attached hydrogens (tertiary/aromatic N) is 1. The van der Waals surface area contributed by atoms with E-state index in [9.17, 15) is 19.1 Å². The van der Waals surface area contributed by atoms with Crippen LogP contribution in [-0.2, 0) is 15.0 Å². The fraction of sp³-hybridized carbons (Fsp3) is 0.333. The number of fused-ring (bicyclic) bond motifs is 1. The Morgan fingerprint density at radius 2 is 2.18 bits per heavy atom. The van der Waals surface area contributed by atoms with Crippen molar-refractivity contribution in [2.75, 3.05) is 11.9 Å². The van der Waals surface area contributed by atoms with Gasteiger partial charge >= 0.3 is 5.97 Å². The van der Waals surface area contributed by atoms with Gasteiger partial charge in [0, 0.05) is 19.2 Å². The van der Waals surface area contributed by atoms with Gasteiger partial charge in [0.1, 0.15) is 11.2 Å². The van der Waals surface area contributed by atoms with E-state index < -0.39 is 17.2 Å². The molecule has 1 unspecified atom stereocenters. The highest BCUT2D eigenvalue weighted by Gasteiger charge is 2.44. The van der Waals surface area contributed by atoms with Gasteiger partial charge in [-0.3, -0.25) is 9.59 Å². The average molecular weight is 237 g/mol. The zero-order valence-corrected chi connectivity index (χ0v) is 9.53. The van der Waals surface area contributed by atoms with E-state index in [4.69, 9.17) is 0 Å². The molecule has 2 rings (SSSR count). The summed E-state index contributed by atoms with van der Waals surface area (Å²) in [4.78, 5) is 24.4. The number of rotatable bonds is 1. The zero-order chi connectivity index (χ0) is 12.8. The Morgan fingerprint density at radius 3 is 2.76 bits per heavy atom. The molecule has 0 bridgehead atoms. The highest BCUT2D eigenvalue weighted by atomic mass is 19.1. The van der Waals surface area contributed by atoms with Crippen LogP contribution in [0.3, 0.4) is 0 Å². The van der Waals surface area contributed by atoms with Crippen molar-refractivity contribution in [2.24, 2.45) is 0 Å². The van der Waals surface area contributed by atoms with Gasteiger partial charge in [-0.25, -0.2) is 4.39 Å². The Labute approximate surface area is 97.7 Å². The predicted octanol–water partition coefficient (Wildman–Crippen LogP) is 1.53. The van der Waals surface area contributed by atoms with Crippen LogP contribution in [0.25, 0.3) is 0 Å². The fourth-order valence-corrected chi connectivity index (χ4v) is 2.08. The lowest BCUT2D eigenvalue weighted by Crippen LogP contribution is -2.45. The van der Waals surface area contributed by atoms with Crippen molar-refractivity contribution in [2.45, 2.75) is 18.8 Å². The van der Waals surface area contributed by atoms with Crippen molar-refractivity contribution in [3.05, 3.63) is 29.6 Å². The van der Waals surface area contributed by atoms with Crippen LogP contribution in [0.2, 0.25) is 0 Å². The van der Waals surface area contributed by atoms with E-state index in [0.717, 1.165) is 0 Å². The van der Waals surface area contributed by atoms with Crippen LogP contribution >= 0.6 is 0 Å². The number of carboxylic acid groups (broad SMARTS) is 1. The van der Waals surface area contributed by atoms with Gasteiger partial charge in [0.15, 0.2) is 0 Å². The molecule has 1 aromatic rings. The normalized spacial score (nSPS) is 23.5. The van der Waals surface area contributed by atoms with Crippen molar-refractivity contribution in [3.8, 4) is 0 Å². The number of anilines is 1. The SMILES string of the molecule is CN1C(=O)CC(C)(C(=O)O)c2cc(F)ccc21. The molecule has 1 atom stereocenters. The molecule has 90 valence electrons. The summed E-state index contributed by atoms with van der Waals surface area (Å²) in [5, 5.41) is 9.25. The first-order valence-corrected chi connectivity index (χ1v) is 5.16. The monoisotopic (exact) mass is 237 g/mol. The first-order chi connectivity index (χ1) is 7.86. The predicted molar refractivity (Wildman–Crippen MR) is 59.4 cm³/mol. The number of hydrogen-bond donors (Lipinski definition) is 1. The van der Waals surface area contributed by atoms with E-state index in [1.54, 1.807) is 7.05 Å². The molecule has 0 aliphatic carbocycles. The van der Waals surface area contributed by atoms with E-state index in [2.05, 4.69) is 0 Å². The van der Waals surface area contributed by atoms with Crippen molar-refractivity contribution < 1.29 is 19.1 Å². The third-order valence-electron chi connectivity index (χ3n) is 3.27. The number of aliphatic carboxylic acids is 1. The van der Waals surface area contributed by atoms with E-state index in [-0.39, 0.29) is 12.3 Å². The molecule has 0 saturated carbocycles. The second-order valence-corrected chi connectivity index (χ2v) is 4.43. The summed E-state index contributed by atoms with van der Waals surface area (Å²) in [7, 11) is 1.56. The zero-order valence-electron chi connectivity index (χ0n) is 9.53. The largest absolute Gasteiger partial charge is 0.481 e. The van der Waals surface area contributed by atoms with Crippen LogP contribution in [-0.4, -0.2) is 24.0 Å². The highest BCUT2D eigenvalue weighted by molar-refractivity contribution is 6.02. The number of hydrogen-bond acceptors (Lipinski definition) is 2. The number of benzene rings is 1. The molecule has 0 aromatic heterocycles. The van der Waals surface area contributed by atoms with Crippen LogP contribution in [0.15, 0.2) is 18.2 Å². The van der Waals surface area contributed by atoms with Gasteiger partial charge < -0.3 is 10.0 Å². The lowest BCUT2D eigenvalue weighted by atomic mass is 9.75. The molecule has 0 saturated heterocycles. The molecular weight excluding hydrogens is 225 g/mol. The highest BCUT2D eigenvalue weighted by Crippen LogP contribution is 2.40. The van der Waals surface area contributed by atoms with Crippen molar-refractivity contribution in [3.63, 3.8) is 0 Å². The molecule has 1 N–H and O–H groups in total. The van der Waals surface area contributed by atoms with Gasteiger partial charge in [-0.1, -0.05) is 0 Å². The van der Waals surface area contributed by atoms with Gasteiger partial charge in [0.2, 0.25) is 5.91 Å². The fourth-order valence-electron chi connectivity index (χ4n) is 2.08. The minimum Gasteiger partial charge on any atom is -0.481 e.